The molecule has 0 aliphatic carbocycles. The summed E-state index contributed by atoms with van der Waals surface area (Å²) in [5.74, 6) is 0.287. The first-order valence-electron chi connectivity index (χ1n) is 15.8. The van der Waals surface area contributed by atoms with Crippen LogP contribution in [0.5, 0.6) is 11.5 Å². The van der Waals surface area contributed by atoms with Crippen LogP contribution >= 0.6 is 0 Å². The number of hydrogen-bond acceptors (Lipinski definition) is 8. The van der Waals surface area contributed by atoms with E-state index in [2.05, 4.69) is 46.3 Å². The van der Waals surface area contributed by atoms with Crippen LogP contribution in [-0.2, 0) is 4.74 Å². The van der Waals surface area contributed by atoms with Gasteiger partial charge in [-0.2, -0.15) is 0 Å². The minimum Gasteiger partial charge on any atom is -0.493 e. The van der Waals surface area contributed by atoms with Gasteiger partial charge in [0.2, 0.25) is 0 Å². The molecule has 2 heterocycles. The van der Waals surface area contributed by atoms with E-state index in [4.69, 9.17) is 14.2 Å². The van der Waals surface area contributed by atoms with Crippen LogP contribution < -0.4 is 19.7 Å². The molecule has 10 heteroatoms. The number of anilines is 1. The van der Waals surface area contributed by atoms with E-state index in [1.807, 2.05) is 24.3 Å². The van der Waals surface area contributed by atoms with Gasteiger partial charge in [-0.25, -0.2) is 4.79 Å². The molecule has 2 aliphatic rings. The third-order valence-corrected chi connectivity index (χ3v) is 8.60. The zero-order chi connectivity index (χ0) is 33.0. The fourth-order valence-corrected chi connectivity index (χ4v) is 6.25. The van der Waals surface area contributed by atoms with Gasteiger partial charge < -0.3 is 24.4 Å². The Balaban J connectivity index is 1.39. The highest BCUT2D eigenvalue weighted by Crippen LogP contribution is 2.40. The SMILES string of the molecule is COc1ccc(C(CCNC(=O)OC(C)(C)C)N2C(=O)c3cccc(N4CCN([C@H](C)c5ccccc5)CC4)c3C2=O)cc1OC. The molecule has 0 bridgehead atoms. The van der Waals surface area contributed by atoms with Gasteiger partial charge in [-0.05, 0) is 69.5 Å². The zero-order valence-corrected chi connectivity index (χ0v) is 27.5. The van der Waals surface area contributed by atoms with Crippen molar-refractivity contribution in [2.45, 2.75) is 51.8 Å². The Labute approximate surface area is 271 Å². The second-order valence-electron chi connectivity index (χ2n) is 12.6. The summed E-state index contributed by atoms with van der Waals surface area (Å²) in [6.45, 7) is 10.9. The maximum atomic E-state index is 14.3. The lowest BCUT2D eigenvalue weighted by molar-refractivity contribution is 0.0517. The van der Waals surface area contributed by atoms with Gasteiger partial charge in [0.05, 0.1) is 37.1 Å². The monoisotopic (exact) mass is 628 g/mol. The van der Waals surface area contributed by atoms with E-state index in [-0.39, 0.29) is 30.8 Å². The van der Waals surface area contributed by atoms with Crippen molar-refractivity contribution in [2.24, 2.45) is 0 Å². The van der Waals surface area contributed by atoms with Gasteiger partial charge in [0, 0.05) is 38.8 Å². The third-order valence-electron chi connectivity index (χ3n) is 8.60. The third kappa shape index (κ3) is 6.97. The van der Waals surface area contributed by atoms with Crippen molar-refractivity contribution in [1.82, 2.24) is 15.1 Å². The fourth-order valence-electron chi connectivity index (χ4n) is 6.25. The molecule has 0 radical (unpaired) electrons. The smallest absolute Gasteiger partial charge is 0.407 e. The van der Waals surface area contributed by atoms with Crippen molar-refractivity contribution in [1.29, 1.82) is 0 Å². The normalized spacial score (nSPS) is 16.6. The number of nitrogens with zero attached hydrogens (tertiary/aromatic N) is 3. The van der Waals surface area contributed by atoms with Crippen molar-refractivity contribution in [2.75, 3.05) is 51.8 Å². The number of imide groups is 1. The number of carbonyl (C=O) groups excluding carboxylic acids is 3. The number of alkyl carbamates (subject to hydrolysis) is 1. The first kappa shape index (κ1) is 32.8. The lowest BCUT2D eigenvalue weighted by Crippen LogP contribution is -2.47. The first-order valence-corrected chi connectivity index (χ1v) is 15.8. The number of benzene rings is 3. The largest absolute Gasteiger partial charge is 0.493 e. The number of carbonyl (C=O) groups is 3. The van der Waals surface area contributed by atoms with E-state index >= 15 is 0 Å². The molecule has 3 aromatic carbocycles. The highest BCUT2D eigenvalue weighted by molar-refractivity contribution is 6.24. The van der Waals surface area contributed by atoms with E-state index in [0.717, 1.165) is 31.9 Å². The fraction of sp³-hybridized carbons (Fsp3) is 0.417. The summed E-state index contributed by atoms with van der Waals surface area (Å²) in [5.41, 5.74) is 2.87. The van der Waals surface area contributed by atoms with Crippen molar-refractivity contribution in [3.8, 4) is 11.5 Å². The molecule has 1 unspecified atom stereocenters. The molecular formula is C36H44N4O6. The van der Waals surface area contributed by atoms with Crippen molar-refractivity contribution < 1.29 is 28.6 Å². The van der Waals surface area contributed by atoms with Crippen LogP contribution in [0.25, 0.3) is 0 Å². The number of amides is 3. The summed E-state index contributed by atoms with van der Waals surface area (Å²) < 4.78 is 16.4. The molecule has 5 rings (SSSR count). The zero-order valence-electron chi connectivity index (χ0n) is 27.5. The van der Waals surface area contributed by atoms with Gasteiger partial charge in [-0.3, -0.25) is 19.4 Å². The predicted molar refractivity (Wildman–Crippen MR) is 177 cm³/mol. The number of rotatable bonds is 10. The summed E-state index contributed by atoms with van der Waals surface area (Å²) in [6, 6.07) is 20.9. The average molecular weight is 629 g/mol. The highest BCUT2D eigenvalue weighted by Gasteiger charge is 2.43. The van der Waals surface area contributed by atoms with E-state index < -0.39 is 17.7 Å². The molecule has 0 aromatic heterocycles. The predicted octanol–water partition coefficient (Wildman–Crippen LogP) is 5.84. The molecule has 0 spiro atoms. The van der Waals surface area contributed by atoms with Gasteiger partial charge in [-0.15, -0.1) is 0 Å². The van der Waals surface area contributed by atoms with Crippen LogP contribution in [0.3, 0.4) is 0 Å². The molecule has 1 N–H and O–H groups in total. The van der Waals surface area contributed by atoms with Crippen molar-refractivity contribution in [3.63, 3.8) is 0 Å². The summed E-state index contributed by atoms with van der Waals surface area (Å²) in [5, 5.41) is 2.77. The van der Waals surface area contributed by atoms with Crippen LogP contribution in [0.2, 0.25) is 0 Å². The lowest BCUT2D eigenvalue weighted by atomic mass is 10.0. The van der Waals surface area contributed by atoms with Crippen LogP contribution in [0.15, 0.2) is 66.7 Å². The van der Waals surface area contributed by atoms with Crippen LogP contribution in [0.1, 0.15) is 78.0 Å². The quantitative estimate of drug-likeness (QED) is 0.280. The van der Waals surface area contributed by atoms with Crippen molar-refractivity contribution in [3.05, 3.63) is 89.0 Å². The molecule has 0 saturated carbocycles. The van der Waals surface area contributed by atoms with E-state index in [1.165, 1.54) is 17.6 Å². The molecule has 1 saturated heterocycles. The standard InChI is InChI=1S/C36H44N4O6/c1-24(25-11-8-7-9-12-25)38-19-21-39(22-20-38)29-14-10-13-27-32(29)34(42)40(33(27)41)28(17-18-37-35(43)46-36(2,3)4)26-15-16-30(44-5)31(23-26)45-6/h7-16,23-24,28H,17-22H2,1-6H3,(H,37,43)/t24-,28?/m1/s1. The summed E-state index contributed by atoms with van der Waals surface area (Å²) in [6.07, 6.45) is -0.296. The Kier molecular flexibility index (Phi) is 9.86. The van der Waals surface area contributed by atoms with Gasteiger partial charge in [0.25, 0.3) is 11.8 Å². The van der Waals surface area contributed by atoms with Gasteiger partial charge in [-0.1, -0.05) is 42.5 Å². The summed E-state index contributed by atoms with van der Waals surface area (Å²) in [4.78, 5) is 46.7. The Morgan fingerprint density at radius 2 is 1.54 bits per heavy atom. The van der Waals surface area contributed by atoms with Gasteiger partial charge >= 0.3 is 6.09 Å². The lowest BCUT2D eigenvalue weighted by Gasteiger charge is -2.39. The maximum absolute atomic E-state index is 14.3. The minimum atomic E-state index is -0.682. The molecule has 2 aliphatic heterocycles. The molecule has 3 aromatic rings. The van der Waals surface area contributed by atoms with E-state index in [0.29, 0.717) is 28.2 Å². The molecule has 46 heavy (non-hydrogen) atoms. The average Bonchev–Trinajstić information content (AvgIpc) is 3.31. The highest BCUT2D eigenvalue weighted by atomic mass is 16.6. The topological polar surface area (TPSA) is 101 Å². The molecule has 1 fully saturated rings. The molecule has 3 amide bonds. The second kappa shape index (κ2) is 13.8. The van der Waals surface area contributed by atoms with Crippen LogP contribution in [0, 0.1) is 0 Å². The van der Waals surface area contributed by atoms with Gasteiger partial charge in [0.15, 0.2) is 11.5 Å². The Morgan fingerprint density at radius 3 is 2.20 bits per heavy atom. The Hall–Kier alpha value is -4.57. The molecule has 244 valence electrons. The van der Waals surface area contributed by atoms with E-state index in [9.17, 15) is 14.4 Å². The number of fused-ring (bicyclic) bond motifs is 1. The van der Waals surface area contributed by atoms with Crippen LogP contribution in [-0.4, -0.2) is 80.3 Å². The van der Waals surface area contributed by atoms with Gasteiger partial charge in [0.1, 0.15) is 5.60 Å². The Morgan fingerprint density at radius 1 is 0.848 bits per heavy atom. The summed E-state index contributed by atoms with van der Waals surface area (Å²) in [7, 11) is 3.09. The number of piperazine rings is 1. The number of ether oxygens (including phenoxy) is 3. The molecule has 10 nitrogen and oxygen atoms in total. The Bertz CT molecular complexity index is 1560. The minimum absolute atomic E-state index is 0.176. The number of methoxy groups -OCH3 is 2. The number of nitrogens with one attached hydrogen (secondary N) is 1. The number of hydrogen-bond donors (Lipinski definition) is 1. The first-order chi connectivity index (χ1) is 22.0. The van der Waals surface area contributed by atoms with Crippen LogP contribution in [0.4, 0.5) is 10.5 Å². The molecular weight excluding hydrogens is 584 g/mol. The van der Waals surface area contributed by atoms with E-state index in [1.54, 1.807) is 46.1 Å². The second-order valence-corrected chi connectivity index (χ2v) is 12.6. The molecule has 2 atom stereocenters. The summed E-state index contributed by atoms with van der Waals surface area (Å²) >= 11 is 0. The van der Waals surface area contributed by atoms with Crippen molar-refractivity contribution >= 4 is 23.6 Å². The maximum Gasteiger partial charge on any atom is 0.407 e.